The van der Waals surface area contributed by atoms with Gasteiger partial charge in [0.15, 0.2) is 5.82 Å². The third-order valence-electron chi connectivity index (χ3n) is 2.14. The van der Waals surface area contributed by atoms with E-state index in [1.807, 2.05) is 27.8 Å². The summed E-state index contributed by atoms with van der Waals surface area (Å²) in [6.45, 7) is 7.51. The van der Waals surface area contributed by atoms with E-state index in [9.17, 15) is 4.79 Å². The van der Waals surface area contributed by atoms with Crippen molar-refractivity contribution in [2.45, 2.75) is 32.8 Å². The number of aryl methyl sites for hydroxylation is 1. The molecular formula is C12H23N5O2. The second kappa shape index (κ2) is 7.08. The molecule has 7 heteroatoms. The lowest BCUT2D eigenvalue weighted by atomic mass is 10.2. The molecule has 0 unspecified atom stereocenters. The molecule has 0 spiro atoms. The van der Waals surface area contributed by atoms with E-state index in [2.05, 4.69) is 20.7 Å². The summed E-state index contributed by atoms with van der Waals surface area (Å²) in [5, 5.41) is 10.1. The van der Waals surface area contributed by atoms with Crippen molar-refractivity contribution in [2.24, 2.45) is 7.05 Å². The van der Waals surface area contributed by atoms with Crippen LogP contribution >= 0.6 is 0 Å². The molecule has 0 bridgehead atoms. The molecule has 0 aliphatic heterocycles. The molecule has 0 aliphatic carbocycles. The van der Waals surface area contributed by atoms with E-state index in [1.165, 1.54) is 0 Å². The van der Waals surface area contributed by atoms with Crippen molar-refractivity contribution in [1.29, 1.82) is 0 Å². The Hall–Kier alpha value is -1.63. The first-order valence-electron chi connectivity index (χ1n) is 6.39. The SMILES string of the molecule is Cn1cnc(CCNCCNC(=O)OC(C)(C)C)n1. The van der Waals surface area contributed by atoms with E-state index >= 15 is 0 Å². The predicted molar refractivity (Wildman–Crippen MR) is 71.8 cm³/mol. The zero-order chi connectivity index (χ0) is 14.3. The van der Waals surface area contributed by atoms with E-state index in [-0.39, 0.29) is 6.09 Å². The summed E-state index contributed by atoms with van der Waals surface area (Å²) in [7, 11) is 1.84. The molecule has 0 saturated heterocycles. The molecule has 19 heavy (non-hydrogen) atoms. The number of rotatable bonds is 6. The molecule has 0 fully saturated rings. The van der Waals surface area contributed by atoms with Gasteiger partial charge in [-0.15, -0.1) is 0 Å². The second-order valence-electron chi connectivity index (χ2n) is 5.26. The average molecular weight is 269 g/mol. The molecule has 1 aromatic rings. The van der Waals surface area contributed by atoms with Crippen LogP contribution in [0, 0.1) is 0 Å². The van der Waals surface area contributed by atoms with E-state index in [0.717, 1.165) is 18.8 Å². The number of hydrogen-bond acceptors (Lipinski definition) is 5. The van der Waals surface area contributed by atoms with Gasteiger partial charge in [-0.3, -0.25) is 4.68 Å². The lowest BCUT2D eigenvalue weighted by Gasteiger charge is -2.19. The fourth-order valence-electron chi connectivity index (χ4n) is 1.39. The highest BCUT2D eigenvalue weighted by atomic mass is 16.6. The van der Waals surface area contributed by atoms with Crippen molar-refractivity contribution in [2.75, 3.05) is 19.6 Å². The summed E-state index contributed by atoms with van der Waals surface area (Å²) < 4.78 is 6.80. The molecule has 1 aromatic heterocycles. The highest BCUT2D eigenvalue weighted by Gasteiger charge is 2.15. The molecule has 1 amide bonds. The van der Waals surface area contributed by atoms with Gasteiger partial charge in [0, 0.05) is 33.1 Å². The number of nitrogens with zero attached hydrogens (tertiary/aromatic N) is 3. The molecule has 2 N–H and O–H groups in total. The number of ether oxygens (including phenoxy) is 1. The maximum Gasteiger partial charge on any atom is 0.407 e. The maximum atomic E-state index is 11.3. The summed E-state index contributed by atoms with van der Waals surface area (Å²) in [5.41, 5.74) is -0.456. The van der Waals surface area contributed by atoms with Crippen LogP contribution in [-0.4, -0.2) is 46.1 Å². The predicted octanol–water partition coefficient (Wildman–Crippen LogP) is 0.472. The van der Waals surface area contributed by atoms with E-state index in [0.29, 0.717) is 13.1 Å². The van der Waals surface area contributed by atoms with Crippen LogP contribution in [0.1, 0.15) is 26.6 Å². The summed E-state index contributed by atoms with van der Waals surface area (Å²) >= 11 is 0. The first kappa shape index (κ1) is 15.4. The summed E-state index contributed by atoms with van der Waals surface area (Å²) in [5.74, 6) is 0.815. The van der Waals surface area contributed by atoms with Gasteiger partial charge in [0.05, 0.1) is 0 Å². The Kier molecular flexibility index (Phi) is 5.75. The average Bonchev–Trinajstić information content (AvgIpc) is 2.67. The summed E-state index contributed by atoms with van der Waals surface area (Å²) in [6.07, 6.45) is 2.06. The molecule has 0 aromatic carbocycles. The Bertz CT molecular complexity index is 397. The van der Waals surface area contributed by atoms with Crippen molar-refractivity contribution in [3.63, 3.8) is 0 Å². The second-order valence-corrected chi connectivity index (χ2v) is 5.26. The number of alkyl carbamates (subject to hydrolysis) is 1. The van der Waals surface area contributed by atoms with Gasteiger partial charge in [-0.1, -0.05) is 0 Å². The number of nitrogens with one attached hydrogen (secondary N) is 2. The van der Waals surface area contributed by atoms with Crippen LogP contribution in [0.2, 0.25) is 0 Å². The van der Waals surface area contributed by atoms with Crippen molar-refractivity contribution < 1.29 is 9.53 Å². The molecule has 0 radical (unpaired) electrons. The van der Waals surface area contributed by atoms with Gasteiger partial charge in [0.2, 0.25) is 0 Å². The van der Waals surface area contributed by atoms with Crippen LogP contribution in [-0.2, 0) is 18.2 Å². The third-order valence-corrected chi connectivity index (χ3v) is 2.14. The molecule has 108 valence electrons. The molecule has 0 atom stereocenters. The lowest BCUT2D eigenvalue weighted by molar-refractivity contribution is 0.0528. The van der Waals surface area contributed by atoms with Crippen molar-refractivity contribution in [3.8, 4) is 0 Å². The topological polar surface area (TPSA) is 81.1 Å². The first-order chi connectivity index (χ1) is 8.87. The number of carbonyl (C=O) groups is 1. The monoisotopic (exact) mass is 269 g/mol. The van der Waals surface area contributed by atoms with Crippen LogP contribution in [0.3, 0.4) is 0 Å². The van der Waals surface area contributed by atoms with Crippen LogP contribution < -0.4 is 10.6 Å². The largest absolute Gasteiger partial charge is 0.444 e. The van der Waals surface area contributed by atoms with E-state index in [4.69, 9.17) is 4.74 Å². The van der Waals surface area contributed by atoms with Gasteiger partial charge in [-0.2, -0.15) is 5.10 Å². The Balaban J connectivity index is 2.01. The van der Waals surface area contributed by atoms with Crippen LogP contribution in [0.25, 0.3) is 0 Å². The molecule has 0 aliphatic rings. The summed E-state index contributed by atoms with van der Waals surface area (Å²) in [4.78, 5) is 15.5. The Morgan fingerprint density at radius 3 is 2.68 bits per heavy atom. The van der Waals surface area contributed by atoms with Gasteiger partial charge >= 0.3 is 6.09 Å². The third kappa shape index (κ3) is 7.40. The first-order valence-corrected chi connectivity index (χ1v) is 6.39. The van der Waals surface area contributed by atoms with Crippen molar-refractivity contribution in [1.82, 2.24) is 25.4 Å². The number of carbonyl (C=O) groups excluding carboxylic acids is 1. The quantitative estimate of drug-likeness (QED) is 0.734. The Morgan fingerprint density at radius 2 is 2.11 bits per heavy atom. The van der Waals surface area contributed by atoms with Crippen LogP contribution in [0.15, 0.2) is 6.33 Å². The van der Waals surface area contributed by atoms with E-state index < -0.39 is 5.60 Å². The zero-order valence-corrected chi connectivity index (χ0v) is 12.1. The molecule has 1 heterocycles. The van der Waals surface area contributed by atoms with Crippen molar-refractivity contribution in [3.05, 3.63) is 12.2 Å². The lowest BCUT2D eigenvalue weighted by Crippen LogP contribution is -2.36. The summed E-state index contributed by atoms with van der Waals surface area (Å²) in [6, 6.07) is 0. The molecule has 1 rings (SSSR count). The van der Waals surface area contributed by atoms with Crippen molar-refractivity contribution >= 4 is 6.09 Å². The van der Waals surface area contributed by atoms with Gasteiger partial charge < -0.3 is 15.4 Å². The Labute approximate surface area is 113 Å². The van der Waals surface area contributed by atoms with Gasteiger partial charge in [0.1, 0.15) is 11.9 Å². The Morgan fingerprint density at radius 1 is 1.37 bits per heavy atom. The minimum Gasteiger partial charge on any atom is -0.444 e. The minimum absolute atomic E-state index is 0.388. The maximum absolute atomic E-state index is 11.3. The standard InChI is InChI=1S/C12H23N5O2/c1-12(2,3)19-11(18)14-8-7-13-6-5-10-15-9-17(4)16-10/h9,13H,5-8H2,1-4H3,(H,14,18). The fraction of sp³-hybridized carbons (Fsp3) is 0.750. The normalized spacial score (nSPS) is 11.4. The number of aromatic nitrogens is 3. The van der Waals surface area contributed by atoms with Gasteiger partial charge in [-0.25, -0.2) is 9.78 Å². The smallest absolute Gasteiger partial charge is 0.407 e. The fourth-order valence-corrected chi connectivity index (χ4v) is 1.39. The molecule has 7 nitrogen and oxygen atoms in total. The highest BCUT2D eigenvalue weighted by molar-refractivity contribution is 5.67. The van der Waals surface area contributed by atoms with Crippen LogP contribution in [0.5, 0.6) is 0 Å². The number of amides is 1. The highest BCUT2D eigenvalue weighted by Crippen LogP contribution is 2.05. The molecule has 0 saturated carbocycles. The zero-order valence-electron chi connectivity index (χ0n) is 12.1. The van der Waals surface area contributed by atoms with Gasteiger partial charge in [0.25, 0.3) is 0 Å². The van der Waals surface area contributed by atoms with E-state index in [1.54, 1.807) is 11.0 Å². The van der Waals surface area contributed by atoms with Gasteiger partial charge in [-0.05, 0) is 20.8 Å². The minimum atomic E-state index is -0.456. The van der Waals surface area contributed by atoms with Crippen LogP contribution in [0.4, 0.5) is 4.79 Å². The number of hydrogen-bond donors (Lipinski definition) is 2. The molecular weight excluding hydrogens is 246 g/mol.